The Hall–Kier alpha value is -3.26. The molecule has 2 heterocycles. The molecule has 0 aliphatic carbocycles. The quantitative estimate of drug-likeness (QED) is 0.418. The molecule has 1 amide bonds. The standard InChI is InChI=1S/C24H22BrNO6/c1-4-29-17-8-6-16(7-9-17)26-14(3)22(24(28)30-5-2)18(23(26)27)10-15-11-20-21(12-19(15)25)32-13-31-20/h6-12H,4-5,13H2,1-3H3/b18-10-. The van der Waals surface area contributed by atoms with Crippen LogP contribution in [0, 0.1) is 0 Å². The summed E-state index contributed by atoms with van der Waals surface area (Å²) in [6.45, 7) is 6.25. The first-order chi connectivity index (χ1) is 15.4. The SMILES string of the molecule is CCOC(=O)C1=C(C)N(c2ccc(OCC)cc2)C(=O)/C1=C\c1cc2c(cc1Br)OCO2. The van der Waals surface area contributed by atoms with Crippen LogP contribution in [0.2, 0.25) is 0 Å². The number of amides is 1. The van der Waals surface area contributed by atoms with Crippen LogP contribution in [0.1, 0.15) is 26.3 Å². The summed E-state index contributed by atoms with van der Waals surface area (Å²) >= 11 is 3.51. The van der Waals surface area contributed by atoms with Crippen molar-refractivity contribution in [3.05, 3.63) is 63.3 Å². The number of anilines is 1. The van der Waals surface area contributed by atoms with E-state index in [-0.39, 0.29) is 30.5 Å². The molecule has 4 rings (SSSR count). The van der Waals surface area contributed by atoms with Gasteiger partial charge in [0.05, 0.1) is 24.4 Å². The highest BCUT2D eigenvalue weighted by Crippen LogP contribution is 2.40. The number of esters is 1. The minimum atomic E-state index is -0.546. The van der Waals surface area contributed by atoms with Crippen LogP contribution in [-0.4, -0.2) is 31.9 Å². The lowest BCUT2D eigenvalue weighted by Crippen LogP contribution is -2.24. The summed E-state index contributed by atoms with van der Waals surface area (Å²) in [5, 5.41) is 0. The molecule has 8 heteroatoms. The third-order valence-corrected chi connectivity index (χ3v) is 5.76. The maximum atomic E-state index is 13.5. The molecule has 0 fully saturated rings. The summed E-state index contributed by atoms with van der Waals surface area (Å²) in [6, 6.07) is 10.7. The summed E-state index contributed by atoms with van der Waals surface area (Å²) in [4.78, 5) is 27.8. The Morgan fingerprint density at radius 3 is 2.47 bits per heavy atom. The van der Waals surface area contributed by atoms with E-state index in [4.69, 9.17) is 18.9 Å². The molecule has 2 aromatic rings. The van der Waals surface area contributed by atoms with E-state index in [0.717, 1.165) is 0 Å². The smallest absolute Gasteiger partial charge is 0.340 e. The Bertz CT molecular complexity index is 1140. The van der Waals surface area contributed by atoms with Crippen molar-refractivity contribution in [3.8, 4) is 17.2 Å². The van der Waals surface area contributed by atoms with E-state index in [9.17, 15) is 9.59 Å². The maximum absolute atomic E-state index is 13.5. The first-order valence-electron chi connectivity index (χ1n) is 10.2. The number of ether oxygens (including phenoxy) is 4. The summed E-state index contributed by atoms with van der Waals surface area (Å²) in [7, 11) is 0. The molecule has 0 saturated heterocycles. The Morgan fingerprint density at radius 1 is 1.12 bits per heavy atom. The maximum Gasteiger partial charge on any atom is 0.340 e. The van der Waals surface area contributed by atoms with Gasteiger partial charge in [-0.2, -0.15) is 0 Å². The number of nitrogens with zero attached hydrogens (tertiary/aromatic N) is 1. The van der Waals surface area contributed by atoms with E-state index in [1.165, 1.54) is 4.90 Å². The lowest BCUT2D eigenvalue weighted by molar-refractivity contribution is -0.138. The molecule has 7 nitrogen and oxygen atoms in total. The molecule has 0 radical (unpaired) electrons. The van der Waals surface area contributed by atoms with Gasteiger partial charge in [-0.1, -0.05) is 15.9 Å². The second-order valence-electron chi connectivity index (χ2n) is 7.03. The van der Waals surface area contributed by atoms with Crippen LogP contribution in [0.25, 0.3) is 6.08 Å². The van der Waals surface area contributed by atoms with Crippen molar-refractivity contribution < 1.29 is 28.5 Å². The number of fused-ring (bicyclic) bond motifs is 1. The monoisotopic (exact) mass is 499 g/mol. The Morgan fingerprint density at radius 2 is 1.81 bits per heavy atom. The first-order valence-corrected chi connectivity index (χ1v) is 11.0. The first kappa shape index (κ1) is 22.0. The van der Waals surface area contributed by atoms with Gasteiger partial charge in [-0.15, -0.1) is 0 Å². The third kappa shape index (κ3) is 3.98. The molecule has 2 aliphatic heterocycles. The van der Waals surface area contributed by atoms with Gasteiger partial charge >= 0.3 is 5.97 Å². The highest BCUT2D eigenvalue weighted by atomic mass is 79.9. The zero-order chi connectivity index (χ0) is 22.8. The molecule has 32 heavy (non-hydrogen) atoms. The molecule has 0 N–H and O–H groups in total. The molecule has 2 aromatic carbocycles. The molecule has 0 bridgehead atoms. The van der Waals surface area contributed by atoms with Gasteiger partial charge in [-0.25, -0.2) is 4.79 Å². The van der Waals surface area contributed by atoms with Crippen LogP contribution < -0.4 is 19.1 Å². The molecular formula is C24H22BrNO6. The van der Waals surface area contributed by atoms with E-state index >= 15 is 0 Å². The molecule has 0 unspecified atom stereocenters. The molecule has 166 valence electrons. The lowest BCUT2D eigenvalue weighted by atomic mass is 10.0. The fourth-order valence-electron chi connectivity index (χ4n) is 3.65. The largest absolute Gasteiger partial charge is 0.494 e. The minimum Gasteiger partial charge on any atom is -0.494 e. The van der Waals surface area contributed by atoms with Crippen molar-refractivity contribution in [3.63, 3.8) is 0 Å². The topological polar surface area (TPSA) is 74.3 Å². The van der Waals surface area contributed by atoms with Gasteiger partial charge < -0.3 is 18.9 Å². The van der Waals surface area contributed by atoms with Gasteiger partial charge in [0.15, 0.2) is 11.5 Å². The van der Waals surface area contributed by atoms with Crippen LogP contribution in [0.4, 0.5) is 5.69 Å². The van der Waals surface area contributed by atoms with Gasteiger partial charge in [-0.05, 0) is 68.8 Å². The predicted molar refractivity (Wildman–Crippen MR) is 123 cm³/mol. The van der Waals surface area contributed by atoms with Crippen LogP contribution in [0.3, 0.4) is 0 Å². The lowest BCUT2D eigenvalue weighted by Gasteiger charge is -2.18. The number of carbonyl (C=O) groups is 2. The van der Waals surface area contributed by atoms with Gasteiger partial charge in [0, 0.05) is 15.9 Å². The summed E-state index contributed by atoms with van der Waals surface area (Å²) in [5.74, 6) is 1.03. The van der Waals surface area contributed by atoms with E-state index < -0.39 is 5.97 Å². The van der Waals surface area contributed by atoms with Gasteiger partial charge in [0.1, 0.15) is 5.75 Å². The Kier molecular flexibility index (Phi) is 6.23. The van der Waals surface area contributed by atoms with Crippen molar-refractivity contribution in [2.45, 2.75) is 20.8 Å². The average molecular weight is 500 g/mol. The number of hydrogen-bond acceptors (Lipinski definition) is 6. The fourth-order valence-corrected chi connectivity index (χ4v) is 4.09. The fraction of sp³-hybridized carbons (Fsp3) is 0.250. The van der Waals surface area contributed by atoms with Gasteiger partial charge in [-0.3, -0.25) is 9.69 Å². The number of carbonyl (C=O) groups excluding carboxylic acids is 2. The van der Waals surface area contributed by atoms with E-state index in [1.807, 2.05) is 6.92 Å². The Labute approximate surface area is 194 Å². The Balaban J connectivity index is 1.79. The van der Waals surface area contributed by atoms with Gasteiger partial charge in [0.2, 0.25) is 6.79 Å². The predicted octanol–water partition coefficient (Wildman–Crippen LogP) is 4.84. The minimum absolute atomic E-state index is 0.138. The highest BCUT2D eigenvalue weighted by molar-refractivity contribution is 9.10. The molecule has 0 saturated carbocycles. The average Bonchev–Trinajstić information content (AvgIpc) is 3.31. The normalized spacial score (nSPS) is 16.2. The van der Waals surface area contributed by atoms with Crippen molar-refractivity contribution in [2.24, 2.45) is 0 Å². The summed E-state index contributed by atoms with van der Waals surface area (Å²) in [5.41, 5.74) is 2.29. The van der Waals surface area contributed by atoms with Crippen molar-refractivity contribution >= 4 is 39.6 Å². The summed E-state index contributed by atoms with van der Waals surface area (Å²) < 4.78 is 22.3. The molecular weight excluding hydrogens is 478 g/mol. The van der Waals surface area contributed by atoms with Crippen LogP contribution in [0.5, 0.6) is 17.2 Å². The third-order valence-electron chi connectivity index (χ3n) is 5.08. The number of halogens is 1. The highest BCUT2D eigenvalue weighted by Gasteiger charge is 2.38. The second kappa shape index (κ2) is 9.08. The van der Waals surface area contributed by atoms with E-state index in [2.05, 4.69) is 15.9 Å². The number of allylic oxidation sites excluding steroid dienone is 1. The van der Waals surface area contributed by atoms with Crippen LogP contribution in [-0.2, 0) is 14.3 Å². The van der Waals surface area contributed by atoms with Gasteiger partial charge in [0.25, 0.3) is 5.91 Å². The number of benzene rings is 2. The zero-order valence-corrected chi connectivity index (χ0v) is 19.5. The number of hydrogen-bond donors (Lipinski definition) is 0. The molecule has 0 atom stereocenters. The second-order valence-corrected chi connectivity index (χ2v) is 7.89. The van der Waals surface area contributed by atoms with Crippen LogP contribution in [0.15, 0.2) is 57.7 Å². The zero-order valence-electron chi connectivity index (χ0n) is 17.9. The van der Waals surface area contributed by atoms with Crippen molar-refractivity contribution in [1.82, 2.24) is 0 Å². The molecule has 0 spiro atoms. The van der Waals surface area contributed by atoms with Crippen molar-refractivity contribution in [1.29, 1.82) is 0 Å². The van der Waals surface area contributed by atoms with E-state index in [0.29, 0.717) is 45.3 Å². The molecule has 0 aromatic heterocycles. The number of rotatable bonds is 6. The summed E-state index contributed by atoms with van der Waals surface area (Å²) in [6.07, 6.45) is 1.67. The van der Waals surface area contributed by atoms with Crippen molar-refractivity contribution in [2.75, 3.05) is 24.9 Å². The molecule has 2 aliphatic rings. The van der Waals surface area contributed by atoms with E-state index in [1.54, 1.807) is 56.3 Å². The van der Waals surface area contributed by atoms with Crippen LogP contribution >= 0.6 is 15.9 Å².